The van der Waals surface area contributed by atoms with E-state index in [4.69, 9.17) is 16.4 Å². The summed E-state index contributed by atoms with van der Waals surface area (Å²) in [6, 6.07) is 6.02. The summed E-state index contributed by atoms with van der Waals surface area (Å²) in [6.07, 6.45) is 1.12. The first-order valence-electron chi connectivity index (χ1n) is 4.00. The zero-order valence-corrected chi connectivity index (χ0v) is 10.2. The average Bonchev–Trinajstić information content (AvgIpc) is 2.18. The van der Waals surface area contributed by atoms with Crippen molar-refractivity contribution in [2.45, 2.75) is 4.90 Å². The maximum atomic E-state index is 11.1. The summed E-state index contributed by atoms with van der Waals surface area (Å²) in [6.45, 7) is 0. The fraction of sp³-hybridized carbons (Fsp3) is 0.111. The highest BCUT2D eigenvalue weighted by molar-refractivity contribution is 7.90. The maximum Gasteiger partial charge on any atom is 0.175 e. The van der Waals surface area contributed by atoms with Gasteiger partial charge >= 0.3 is 0 Å². The Morgan fingerprint density at radius 2 is 2.06 bits per heavy atom. The first-order valence-corrected chi connectivity index (χ1v) is 6.34. The fourth-order valence-corrected chi connectivity index (χ4v) is 1.56. The van der Waals surface area contributed by atoms with Gasteiger partial charge in [-0.1, -0.05) is 24.8 Å². The molecule has 5 nitrogen and oxygen atoms in total. The van der Waals surface area contributed by atoms with Crippen LogP contribution in [-0.2, 0) is 9.84 Å². The summed E-state index contributed by atoms with van der Waals surface area (Å²) in [5, 5.41) is 15.7. The van der Waals surface area contributed by atoms with Gasteiger partial charge in [0.1, 0.15) is 11.2 Å². The molecule has 0 atom stereocenters. The van der Waals surface area contributed by atoms with Crippen molar-refractivity contribution in [2.75, 3.05) is 6.26 Å². The van der Waals surface area contributed by atoms with Crippen molar-refractivity contribution in [2.24, 2.45) is 5.73 Å². The number of nitrogen functional groups attached to an aromatic ring is 1. The van der Waals surface area contributed by atoms with E-state index in [0.717, 1.165) is 6.26 Å². The third-order valence-electron chi connectivity index (χ3n) is 1.57. The van der Waals surface area contributed by atoms with Crippen LogP contribution in [-0.4, -0.2) is 20.5 Å². The Hall–Kier alpha value is -1.52. The molecule has 0 heterocycles. The van der Waals surface area contributed by atoms with Crippen molar-refractivity contribution in [3.05, 3.63) is 29.8 Å². The maximum absolute atomic E-state index is 11.1. The Morgan fingerprint density at radius 3 is 2.44 bits per heavy atom. The number of hydrogen-bond donors (Lipinski definition) is 3. The van der Waals surface area contributed by atoms with Gasteiger partial charge in [0.05, 0.1) is 4.90 Å². The lowest BCUT2D eigenvalue weighted by atomic mass is 10.2. The van der Waals surface area contributed by atoms with Crippen LogP contribution in [0.15, 0.2) is 29.2 Å². The standard InChI is InChI=1S/C8H10N2O2S.CHNS/c1-13(11,12)7-4-2-3-6(5-7)8(9)10;2-1-3/h2-5H,1H3,(H3,9,10);3H. The summed E-state index contributed by atoms with van der Waals surface area (Å²) < 4.78 is 22.2. The first-order chi connectivity index (χ1) is 7.32. The highest BCUT2D eigenvalue weighted by atomic mass is 32.2. The van der Waals surface area contributed by atoms with E-state index in [1.165, 1.54) is 17.5 Å². The molecule has 0 unspecified atom stereocenters. The molecule has 7 heteroatoms. The van der Waals surface area contributed by atoms with E-state index >= 15 is 0 Å². The van der Waals surface area contributed by atoms with Gasteiger partial charge in [-0.15, -0.1) is 0 Å². The van der Waals surface area contributed by atoms with Crippen molar-refractivity contribution >= 4 is 28.3 Å². The number of rotatable bonds is 2. The lowest BCUT2D eigenvalue weighted by molar-refractivity contribution is 0.602. The molecule has 0 saturated carbocycles. The van der Waals surface area contributed by atoms with E-state index in [1.54, 1.807) is 12.1 Å². The van der Waals surface area contributed by atoms with Gasteiger partial charge in [0.15, 0.2) is 9.84 Å². The number of thiol groups is 1. The van der Waals surface area contributed by atoms with Crippen molar-refractivity contribution < 1.29 is 8.42 Å². The molecule has 1 aromatic rings. The van der Waals surface area contributed by atoms with Crippen LogP contribution < -0.4 is 5.73 Å². The van der Waals surface area contributed by atoms with Crippen LogP contribution in [0.1, 0.15) is 5.56 Å². The highest BCUT2D eigenvalue weighted by Gasteiger charge is 2.07. The third kappa shape index (κ3) is 4.82. The highest BCUT2D eigenvalue weighted by Crippen LogP contribution is 2.10. The molecule has 0 amide bonds. The Morgan fingerprint density at radius 1 is 1.56 bits per heavy atom. The monoisotopic (exact) mass is 257 g/mol. The molecule has 86 valence electrons. The lowest BCUT2D eigenvalue weighted by Crippen LogP contribution is -2.11. The van der Waals surface area contributed by atoms with E-state index in [-0.39, 0.29) is 10.7 Å². The summed E-state index contributed by atoms with van der Waals surface area (Å²) in [5.74, 6) is -0.134. The minimum atomic E-state index is -3.21. The molecule has 0 fully saturated rings. The van der Waals surface area contributed by atoms with E-state index in [0.29, 0.717) is 5.56 Å². The number of nitrogens with zero attached hydrogens (tertiary/aromatic N) is 1. The molecule has 1 rings (SSSR count). The number of hydrogen-bond acceptors (Lipinski definition) is 5. The van der Waals surface area contributed by atoms with E-state index < -0.39 is 9.84 Å². The zero-order valence-electron chi connectivity index (χ0n) is 8.51. The van der Waals surface area contributed by atoms with Gasteiger partial charge < -0.3 is 5.73 Å². The topological polar surface area (TPSA) is 108 Å². The van der Waals surface area contributed by atoms with Crippen LogP contribution >= 0.6 is 12.6 Å². The number of nitriles is 1. The molecule has 0 aliphatic carbocycles. The molecule has 0 radical (unpaired) electrons. The second-order valence-electron chi connectivity index (χ2n) is 2.81. The zero-order chi connectivity index (χ0) is 12.8. The number of nitrogens with two attached hydrogens (primary N) is 1. The van der Waals surface area contributed by atoms with E-state index in [9.17, 15) is 8.42 Å². The van der Waals surface area contributed by atoms with E-state index in [1.807, 2.05) is 0 Å². The molecule has 0 aromatic heterocycles. The number of sulfone groups is 1. The second kappa shape index (κ2) is 6.15. The van der Waals surface area contributed by atoms with Crippen LogP contribution in [0.2, 0.25) is 0 Å². The third-order valence-corrected chi connectivity index (χ3v) is 2.68. The van der Waals surface area contributed by atoms with Crippen LogP contribution in [0.3, 0.4) is 0 Å². The molecule has 16 heavy (non-hydrogen) atoms. The first kappa shape index (κ1) is 14.5. The SMILES string of the molecule is CS(=O)(=O)c1cccc(C(=N)N)c1.N#CS. The smallest absolute Gasteiger partial charge is 0.175 e. The summed E-state index contributed by atoms with van der Waals surface area (Å²) in [7, 11) is -3.21. The van der Waals surface area contributed by atoms with Gasteiger partial charge in [-0.25, -0.2) is 8.42 Å². The van der Waals surface area contributed by atoms with Crippen molar-refractivity contribution in [1.29, 1.82) is 10.7 Å². The summed E-state index contributed by atoms with van der Waals surface area (Å²) >= 11 is 3.09. The fourth-order valence-electron chi connectivity index (χ4n) is 0.894. The van der Waals surface area contributed by atoms with Gasteiger partial charge in [-0.3, -0.25) is 5.41 Å². The predicted molar refractivity (Wildman–Crippen MR) is 65.2 cm³/mol. The second-order valence-corrected chi connectivity index (χ2v) is 5.03. The molecule has 0 bridgehead atoms. The number of benzene rings is 1. The minimum Gasteiger partial charge on any atom is -0.384 e. The van der Waals surface area contributed by atoms with Gasteiger partial charge in [0.2, 0.25) is 0 Å². The normalized spacial score (nSPS) is 9.56. The lowest BCUT2D eigenvalue weighted by Gasteiger charge is -2.01. The van der Waals surface area contributed by atoms with Crippen LogP contribution in [0.5, 0.6) is 0 Å². The Balaban J connectivity index is 0.000000673. The molecule has 0 aliphatic rings. The Kier molecular flexibility index (Phi) is 5.56. The van der Waals surface area contributed by atoms with Crippen LogP contribution in [0.25, 0.3) is 0 Å². The van der Waals surface area contributed by atoms with Crippen molar-refractivity contribution in [3.8, 4) is 5.40 Å². The van der Waals surface area contributed by atoms with Gasteiger partial charge in [-0.2, -0.15) is 5.26 Å². The molecule has 3 N–H and O–H groups in total. The van der Waals surface area contributed by atoms with Crippen LogP contribution in [0, 0.1) is 16.1 Å². The van der Waals surface area contributed by atoms with Gasteiger partial charge in [0, 0.05) is 11.8 Å². The Bertz CT molecular complexity index is 518. The molecule has 0 spiro atoms. The van der Waals surface area contributed by atoms with Gasteiger partial charge in [0.25, 0.3) is 0 Å². The summed E-state index contributed by atoms with van der Waals surface area (Å²) in [4.78, 5) is 0.181. The quantitative estimate of drug-likeness (QED) is 0.315. The largest absolute Gasteiger partial charge is 0.384 e. The molecule has 1 aromatic carbocycles. The molecular weight excluding hydrogens is 246 g/mol. The number of amidine groups is 1. The molecule has 0 aliphatic heterocycles. The van der Waals surface area contributed by atoms with Crippen molar-refractivity contribution in [3.63, 3.8) is 0 Å². The Labute approximate surface area is 99.7 Å². The van der Waals surface area contributed by atoms with Crippen LogP contribution in [0.4, 0.5) is 0 Å². The predicted octanol–water partition coefficient (Wildman–Crippen LogP) is 0.771. The average molecular weight is 257 g/mol. The number of nitrogens with one attached hydrogen (secondary N) is 1. The molecular formula is C9H11N3O2S2. The molecule has 0 saturated heterocycles. The number of thiocyanates is 1. The minimum absolute atomic E-state index is 0.134. The van der Waals surface area contributed by atoms with Crippen molar-refractivity contribution in [1.82, 2.24) is 0 Å². The summed E-state index contributed by atoms with van der Waals surface area (Å²) in [5.41, 5.74) is 5.63. The van der Waals surface area contributed by atoms with Gasteiger partial charge in [-0.05, 0) is 12.1 Å². The van der Waals surface area contributed by atoms with E-state index in [2.05, 4.69) is 12.6 Å².